The van der Waals surface area contributed by atoms with Crippen LogP contribution in [0, 0.1) is 0 Å². The van der Waals surface area contributed by atoms with Crippen molar-refractivity contribution in [3.05, 3.63) is 66.4 Å². The van der Waals surface area contributed by atoms with Crippen molar-refractivity contribution in [2.24, 2.45) is 7.05 Å². The SMILES string of the molecule is Cn1cnnc1CCC(=O)N(Cc1ccncc1)Cc1ccco1. The second kappa shape index (κ2) is 7.54. The maximum atomic E-state index is 12.7. The smallest absolute Gasteiger partial charge is 0.223 e. The summed E-state index contributed by atoms with van der Waals surface area (Å²) in [6.45, 7) is 0.952. The van der Waals surface area contributed by atoms with Gasteiger partial charge in [0.15, 0.2) is 0 Å². The maximum Gasteiger partial charge on any atom is 0.223 e. The van der Waals surface area contributed by atoms with Crippen molar-refractivity contribution in [2.45, 2.75) is 25.9 Å². The van der Waals surface area contributed by atoms with Gasteiger partial charge in [0, 0.05) is 38.8 Å². The molecule has 124 valence electrons. The van der Waals surface area contributed by atoms with Gasteiger partial charge in [-0.25, -0.2) is 0 Å². The Morgan fingerprint density at radius 3 is 2.75 bits per heavy atom. The monoisotopic (exact) mass is 325 g/mol. The molecule has 0 fully saturated rings. The predicted molar refractivity (Wildman–Crippen MR) is 86.5 cm³/mol. The topological polar surface area (TPSA) is 77.1 Å². The summed E-state index contributed by atoms with van der Waals surface area (Å²) in [4.78, 5) is 18.5. The second-order valence-corrected chi connectivity index (χ2v) is 5.54. The van der Waals surface area contributed by atoms with Gasteiger partial charge in [0.25, 0.3) is 0 Å². The summed E-state index contributed by atoms with van der Waals surface area (Å²) in [5.41, 5.74) is 1.03. The normalized spacial score (nSPS) is 10.7. The van der Waals surface area contributed by atoms with Crippen LogP contribution in [0.5, 0.6) is 0 Å². The molecule has 3 aromatic heterocycles. The summed E-state index contributed by atoms with van der Waals surface area (Å²) in [5, 5.41) is 7.86. The third kappa shape index (κ3) is 4.07. The van der Waals surface area contributed by atoms with E-state index in [9.17, 15) is 4.79 Å². The predicted octanol–water partition coefficient (Wildman–Crippen LogP) is 1.96. The number of amides is 1. The van der Waals surface area contributed by atoms with Crippen LogP contribution in [0.1, 0.15) is 23.6 Å². The fourth-order valence-electron chi connectivity index (χ4n) is 2.44. The molecule has 0 bridgehead atoms. The highest BCUT2D eigenvalue weighted by molar-refractivity contribution is 5.76. The summed E-state index contributed by atoms with van der Waals surface area (Å²) in [6, 6.07) is 7.51. The molecular weight excluding hydrogens is 306 g/mol. The summed E-state index contributed by atoms with van der Waals surface area (Å²) < 4.78 is 7.22. The first-order valence-electron chi connectivity index (χ1n) is 7.74. The third-order valence-corrected chi connectivity index (χ3v) is 3.77. The van der Waals surface area contributed by atoms with Crippen molar-refractivity contribution in [2.75, 3.05) is 0 Å². The van der Waals surface area contributed by atoms with Crippen molar-refractivity contribution in [3.8, 4) is 0 Å². The number of hydrogen-bond donors (Lipinski definition) is 0. The van der Waals surface area contributed by atoms with E-state index in [1.54, 1.807) is 29.9 Å². The molecule has 0 spiro atoms. The lowest BCUT2D eigenvalue weighted by molar-refractivity contribution is -0.132. The van der Waals surface area contributed by atoms with Crippen molar-refractivity contribution in [1.29, 1.82) is 0 Å². The van der Waals surface area contributed by atoms with Crippen LogP contribution in [0.15, 0.2) is 53.7 Å². The first-order valence-corrected chi connectivity index (χ1v) is 7.74. The van der Waals surface area contributed by atoms with Gasteiger partial charge in [-0.05, 0) is 29.8 Å². The molecule has 7 nitrogen and oxygen atoms in total. The van der Waals surface area contributed by atoms with E-state index in [1.165, 1.54) is 0 Å². The lowest BCUT2D eigenvalue weighted by Gasteiger charge is -2.22. The highest BCUT2D eigenvalue weighted by Crippen LogP contribution is 2.12. The quantitative estimate of drug-likeness (QED) is 0.664. The van der Waals surface area contributed by atoms with Gasteiger partial charge in [0.05, 0.1) is 12.8 Å². The Morgan fingerprint density at radius 2 is 2.08 bits per heavy atom. The third-order valence-electron chi connectivity index (χ3n) is 3.77. The van der Waals surface area contributed by atoms with Gasteiger partial charge in [-0.15, -0.1) is 10.2 Å². The van der Waals surface area contributed by atoms with Gasteiger partial charge >= 0.3 is 0 Å². The maximum absolute atomic E-state index is 12.7. The highest BCUT2D eigenvalue weighted by atomic mass is 16.3. The molecule has 0 aromatic carbocycles. The lowest BCUT2D eigenvalue weighted by atomic mass is 10.2. The fourth-order valence-corrected chi connectivity index (χ4v) is 2.44. The van der Waals surface area contributed by atoms with Crippen molar-refractivity contribution in [1.82, 2.24) is 24.6 Å². The molecule has 3 rings (SSSR count). The Labute approximate surface area is 139 Å². The first-order chi connectivity index (χ1) is 11.7. The van der Waals surface area contributed by atoms with Crippen molar-refractivity contribution >= 4 is 5.91 Å². The van der Waals surface area contributed by atoms with Crippen molar-refractivity contribution < 1.29 is 9.21 Å². The molecule has 0 aliphatic rings. The number of aryl methyl sites for hydroxylation is 2. The van der Waals surface area contributed by atoms with Crippen LogP contribution in [-0.4, -0.2) is 30.6 Å². The second-order valence-electron chi connectivity index (χ2n) is 5.54. The van der Waals surface area contributed by atoms with Crippen LogP contribution < -0.4 is 0 Å². The minimum absolute atomic E-state index is 0.0474. The van der Waals surface area contributed by atoms with Crippen LogP contribution in [0.3, 0.4) is 0 Å². The average molecular weight is 325 g/mol. The van der Waals surface area contributed by atoms with Crippen LogP contribution >= 0.6 is 0 Å². The van der Waals surface area contributed by atoms with Gasteiger partial charge < -0.3 is 13.9 Å². The molecule has 24 heavy (non-hydrogen) atoms. The number of furan rings is 1. The van der Waals surface area contributed by atoms with E-state index in [1.807, 2.05) is 35.9 Å². The molecule has 0 N–H and O–H groups in total. The molecule has 0 atom stereocenters. The molecule has 0 aliphatic carbocycles. The van der Waals surface area contributed by atoms with Crippen LogP contribution in [0.2, 0.25) is 0 Å². The molecule has 0 radical (unpaired) electrons. The molecule has 1 amide bonds. The first kappa shape index (κ1) is 15.9. The fraction of sp³-hybridized carbons (Fsp3) is 0.294. The number of rotatable bonds is 7. The van der Waals surface area contributed by atoms with E-state index in [0.717, 1.165) is 17.1 Å². The minimum Gasteiger partial charge on any atom is -0.467 e. The zero-order valence-electron chi connectivity index (χ0n) is 13.5. The molecule has 0 saturated carbocycles. The molecule has 7 heteroatoms. The summed E-state index contributed by atoms with van der Waals surface area (Å²) in [6.07, 6.45) is 7.63. The Hall–Kier alpha value is -2.96. The Balaban J connectivity index is 1.68. The Kier molecular flexibility index (Phi) is 5.00. The van der Waals surface area contributed by atoms with E-state index < -0.39 is 0 Å². The van der Waals surface area contributed by atoms with E-state index in [-0.39, 0.29) is 5.91 Å². The Bertz CT molecular complexity index is 767. The molecule has 3 aromatic rings. The van der Waals surface area contributed by atoms with Gasteiger partial charge in [-0.3, -0.25) is 9.78 Å². The Morgan fingerprint density at radius 1 is 1.25 bits per heavy atom. The van der Waals surface area contributed by atoms with Gasteiger partial charge in [-0.1, -0.05) is 0 Å². The molecule has 0 unspecified atom stereocenters. The van der Waals surface area contributed by atoms with E-state index in [4.69, 9.17) is 4.42 Å². The van der Waals surface area contributed by atoms with Crippen LogP contribution in [-0.2, 0) is 31.4 Å². The number of aromatic nitrogens is 4. The van der Waals surface area contributed by atoms with Crippen LogP contribution in [0.25, 0.3) is 0 Å². The number of nitrogens with zero attached hydrogens (tertiary/aromatic N) is 5. The van der Waals surface area contributed by atoms with E-state index >= 15 is 0 Å². The lowest BCUT2D eigenvalue weighted by Crippen LogP contribution is -2.30. The number of carbonyl (C=O) groups is 1. The zero-order chi connectivity index (χ0) is 16.8. The van der Waals surface area contributed by atoms with Crippen molar-refractivity contribution in [3.63, 3.8) is 0 Å². The molecule has 0 aliphatic heterocycles. The van der Waals surface area contributed by atoms with E-state index in [2.05, 4.69) is 15.2 Å². The summed E-state index contributed by atoms with van der Waals surface area (Å²) >= 11 is 0. The summed E-state index contributed by atoms with van der Waals surface area (Å²) in [5.74, 6) is 1.60. The molecular formula is C17H19N5O2. The zero-order valence-corrected chi connectivity index (χ0v) is 13.5. The molecule has 3 heterocycles. The highest BCUT2D eigenvalue weighted by Gasteiger charge is 2.17. The largest absolute Gasteiger partial charge is 0.467 e. The minimum atomic E-state index is 0.0474. The van der Waals surface area contributed by atoms with Gasteiger partial charge in [0.2, 0.25) is 5.91 Å². The molecule has 0 saturated heterocycles. The number of hydrogen-bond acceptors (Lipinski definition) is 5. The number of carbonyl (C=O) groups excluding carboxylic acids is 1. The standard InChI is InChI=1S/C17H19N5O2/c1-21-13-19-20-16(21)4-5-17(23)22(12-15-3-2-10-24-15)11-14-6-8-18-9-7-14/h2-3,6-10,13H,4-5,11-12H2,1H3. The average Bonchev–Trinajstić information content (AvgIpc) is 3.25. The van der Waals surface area contributed by atoms with Gasteiger partial charge in [-0.2, -0.15) is 0 Å². The van der Waals surface area contributed by atoms with E-state index in [0.29, 0.717) is 25.9 Å². The number of pyridine rings is 1. The summed E-state index contributed by atoms with van der Waals surface area (Å²) in [7, 11) is 1.87. The van der Waals surface area contributed by atoms with Gasteiger partial charge in [0.1, 0.15) is 17.9 Å². The van der Waals surface area contributed by atoms with Crippen LogP contribution in [0.4, 0.5) is 0 Å².